The zero-order valence-corrected chi connectivity index (χ0v) is 11.5. The first-order valence-corrected chi connectivity index (χ1v) is 7.16. The standard InChI is InChI=1S/C11H18N2O4S/c1-13(18(3,14)15)11-8-9(4-5-10(11)12)17-7-6-16-2/h4-5,8H,6-7,12H2,1-3H3. The van der Waals surface area contributed by atoms with Gasteiger partial charge in [-0.3, -0.25) is 4.31 Å². The molecule has 0 amide bonds. The Morgan fingerprint density at radius 1 is 1.33 bits per heavy atom. The lowest BCUT2D eigenvalue weighted by atomic mass is 10.2. The van der Waals surface area contributed by atoms with Crippen molar-refractivity contribution in [1.29, 1.82) is 0 Å². The van der Waals surface area contributed by atoms with Gasteiger partial charge in [0.25, 0.3) is 0 Å². The van der Waals surface area contributed by atoms with E-state index in [1.807, 2.05) is 0 Å². The first-order valence-electron chi connectivity index (χ1n) is 5.31. The summed E-state index contributed by atoms with van der Waals surface area (Å²) in [5.74, 6) is 0.548. The second-order valence-corrected chi connectivity index (χ2v) is 5.81. The summed E-state index contributed by atoms with van der Waals surface area (Å²) < 4.78 is 34.3. The Kier molecular flexibility index (Phi) is 4.80. The Hall–Kier alpha value is -1.47. The Morgan fingerprint density at radius 2 is 2.00 bits per heavy atom. The summed E-state index contributed by atoms with van der Waals surface area (Å²) in [4.78, 5) is 0. The molecule has 1 aromatic carbocycles. The van der Waals surface area contributed by atoms with E-state index in [1.54, 1.807) is 25.3 Å². The van der Waals surface area contributed by atoms with Gasteiger partial charge in [-0.05, 0) is 12.1 Å². The molecule has 0 radical (unpaired) electrons. The zero-order chi connectivity index (χ0) is 13.8. The third kappa shape index (κ3) is 3.78. The molecule has 7 heteroatoms. The molecule has 6 nitrogen and oxygen atoms in total. The Labute approximate surface area is 107 Å². The van der Waals surface area contributed by atoms with Crippen molar-refractivity contribution in [3.8, 4) is 5.75 Å². The van der Waals surface area contributed by atoms with Gasteiger partial charge in [-0.1, -0.05) is 0 Å². The fourth-order valence-electron chi connectivity index (χ4n) is 1.31. The highest BCUT2D eigenvalue weighted by atomic mass is 32.2. The molecule has 0 unspecified atom stereocenters. The fraction of sp³-hybridized carbons (Fsp3) is 0.455. The number of methoxy groups -OCH3 is 1. The van der Waals surface area contributed by atoms with Crippen LogP contribution in [0.25, 0.3) is 0 Å². The number of nitrogen functional groups attached to an aromatic ring is 1. The molecular weight excluding hydrogens is 256 g/mol. The summed E-state index contributed by atoms with van der Waals surface area (Å²) >= 11 is 0. The minimum absolute atomic E-state index is 0.377. The lowest BCUT2D eigenvalue weighted by Gasteiger charge is -2.19. The smallest absolute Gasteiger partial charge is 0.232 e. The molecule has 2 N–H and O–H groups in total. The number of benzene rings is 1. The SMILES string of the molecule is COCCOc1ccc(N)c(N(C)S(C)(=O)=O)c1. The molecule has 0 bridgehead atoms. The van der Waals surface area contributed by atoms with Crippen LogP contribution in [0.5, 0.6) is 5.75 Å². The Balaban J connectivity index is 2.94. The number of ether oxygens (including phenoxy) is 2. The molecule has 0 spiro atoms. The quantitative estimate of drug-likeness (QED) is 0.609. The molecule has 0 fully saturated rings. The first-order chi connectivity index (χ1) is 8.36. The molecule has 18 heavy (non-hydrogen) atoms. The molecule has 0 atom stereocenters. The van der Waals surface area contributed by atoms with Crippen LogP contribution in [0.3, 0.4) is 0 Å². The molecule has 1 rings (SSSR count). The average molecular weight is 274 g/mol. The van der Waals surface area contributed by atoms with E-state index in [2.05, 4.69) is 0 Å². The summed E-state index contributed by atoms with van der Waals surface area (Å²) in [5, 5.41) is 0. The predicted octanol–water partition coefficient (Wildman–Crippen LogP) is 0.690. The van der Waals surface area contributed by atoms with Gasteiger partial charge in [0.15, 0.2) is 0 Å². The molecule has 0 saturated carbocycles. The minimum Gasteiger partial charge on any atom is -0.491 e. The Morgan fingerprint density at radius 3 is 2.56 bits per heavy atom. The summed E-state index contributed by atoms with van der Waals surface area (Å²) in [5.41, 5.74) is 6.53. The molecule has 0 aliphatic heterocycles. The van der Waals surface area contributed by atoms with Crippen LogP contribution in [0.4, 0.5) is 11.4 Å². The van der Waals surface area contributed by atoms with Gasteiger partial charge in [0.2, 0.25) is 10.0 Å². The van der Waals surface area contributed by atoms with Crippen molar-refractivity contribution in [2.24, 2.45) is 0 Å². The second-order valence-electron chi connectivity index (χ2n) is 3.79. The van der Waals surface area contributed by atoms with Crippen molar-refractivity contribution in [3.63, 3.8) is 0 Å². The third-order valence-electron chi connectivity index (χ3n) is 2.39. The minimum atomic E-state index is -3.35. The van der Waals surface area contributed by atoms with E-state index < -0.39 is 10.0 Å². The van der Waals surface area contributed by atoms with Crippen LogP contribution in [0.15, 0.2) is 18.2 Å². The van der Waals surface area contributed by atoms with Crippen LogP contribution in [-0.4, -0.2) is 42.0 Å². The average Bonchev–Trinajstić information content (AvgIpc) is 2.29. The van der Waals surface area contributed by atoms with E-state index in [1.165, 1.54) is 7.05 Å². The molecule has 1 aromatic rings. The molecule has 102 valence electrons. The van der Waals surface area contributed by atoms with E-state index in [4.69, 9.17) is 15.2 Å². The predicted molar refractivity (Wildman–Crippen MR) is 71.5 cm³/mol. The van der Waals surface area contributed by atoms with Gasteiger partial charge >= 0.3 is 0 Å². The van der Waals surface area contributed by atoms with Crippen molar-refractivity contribution in [3.05, 3.63) is 18.2 Å². The Bertz CT molecular complexity index is 502. The topological polar surface area (TPSA) is 81.9 Å². The summed E-state index contributed by atoms with van der Waals surface area (Å²) in [7, 11) is -0.324. The van der Waals surface area contributed by atoms with E-state index in [9.17, 15) is 8.42 Å². The summed E-state index contributed by atoms with van der Waals surface area (Å²) in [6, 6.07) is 4.88. The maximum atomic E-state index is 11.5. The molecular formula is C11H18N2O4S. The normalized spacial score (nSPS) is 11.3. The number of sulfonamides is 1. The van der Waals surface area contributed by atoms with Crippen LogP contribution >= 0.6 is 0 Å². The van der Waals surface area contributed by atoms with E-state index in [0.717, 1.165) is 10.6 Å². The summed E-state index contributed by atoms with van der Waals surface area (Å²) in [6.07, 6.45) is 1.12. The number of hydrogen-bond donors (Lipinski definition) is 1. The van der Waals surface area contributed by atoms with Crippen molar-refractivity contribution >= 4 is 21.4 Å². The number of nitrogens with two attached hydrogens (primary N) is 1. The van der Waals surface area contributed by atoms with Gasteiger partial charge in [-0.15, -0.1) is 0 Å². The lowest BCUT2D eigenvalue weighted by molar-refractivity contribution is 0.146. The van der Waals surface area contributed by atoms with E-state index >= 15 is 0 Å². The van der Waals surface area contributed by atoms with Gasteiger partial charge in [0.05, 0.1) is 24.2 Å². The molecule has 0 heterocycles. The monoisotopic (exact) mass is 274 g/mol. The highest BCUT2D eigenvalue weighted by molar-refractivity contribution is 7.92. The van der Waals surface area contributed by atoms with Crippen LogP contribution in [0.2, 0.25) is 0 Å². The molecule has 0 aliphatic rings. The van der Waals surface area contributed by atoms with Crippen LogP contribution in [-0.2, 0) is 14.8 Å². The molecule has 0 aromatic heterocycles. The zero-order valence-electron chi connectivity index (χ0n) is 10.7. The number of anilines is 2. The van der Waals surface area contributed by atoms with Crippen molar-refractivity contribution in [1.82, 2.24) is 0 Å². The molecule has 0 saturated heterocycles. The maximum absolute atomic E-state index is 11.5. The number of nitrogens with zero attached hydrogens (tertiary/aromatic N) is 1. The molecule has 0 aliphatic carbocycles. The van der Waals surface area contributed by atoms with Gasteiger partial charge in [0, 0.05) is 20.2 Å². The third-order valence-corrected chi connectivity index (χ3v) is 3.59. The maximum Gasteiger partial charge on any atom is 0.232 e. The second kappa shape index (κ2) is 5.92. The lowest BCUT2D eigenvalue weighted by Crippen LogP contribution is -2.25. The van der Waals surface area contributed by atoms with E-state index in [0.29, 0.717) is 30.3 Å². The largest absolute Gasteiger partial charge is 0.491 e. The van der Waals surface area contributed by atoms with Crippen LogP contribution < -0.4 is 14.8 Å². The van der Waals surface area contributed by atoms with Crippen LogP contribution in [0.1, 0.15) is 0 Å². The van der Waals surface area contributed by atoms with Gasteiger partial charge in [-0.2, -0.15) is 0 Å². The van der Waals surface area contributed by atoms with Crippen LogP contribution in [0, 0.1) is 0 Å². The first kappa shape index (κ1) is 14.6. The number of hydrogen-bond acceptors (Lipinski definition) is 5. The highest BCUT2D eigenvalue weighted by Crippen LogP contribution is 2.28. The van der Waals surface area contributed by atoms with Crippen molar-refractivity contribution in [2.45, 2.75) is 0 Å². The van der Waals surface area contributed by atoms with Gasteiger partial charge in [-0.25, -0.2) is 8.42 Å². The highest BCUT2D eigenvalue weighted by Gasteiger charge is 2.15. The fourth-order valence-corrected chi connectivity index (χ4v) is 1.82. The summed E-state index contributed by atoms with van der Waals surface area (Å²) in [6.45, 7) is 0.851. The van der Waals surface area contributed by atoms with Gasteiger partial charge < -0.3 is 15.2 Å². The van der Waals surface area contributed by atoms with Crippen molar-refractivity contribution < 1.29 is 17.9 Å². The number of rotatable bonds is 6. The van der Waals surface area contributed by atoms with Crippen molar-refractivity contribution in [2.75, 3.05) is 43.7 Å². The van der Waals surface area contributed by atoms with E-state index in [-0.39, 0.29) is 0 Å². The van der Waals surface area contributed by atoms with Gasteiger partial charge in [0.1, 0.15) is 12.4 Å².